The van der Waals surface area contributed by atoms with Crippen LogP contribution in [0.1, 0.15) is 40.5 Å². The number of rotatable bonds is 3. The molecular formula is C9H26N2OS. The molecule has 0 radical (unpaired) electrons. The zero-order valence-electron chi connectivity index (χ0n) is 9.72. The molecule has 0 saturated heterocycles. The van der Waals surface area contributed by atoms with Crippen LogP contribution in [0.2, 0.25) is 0 Å². The van der Waals surface area contributed by atoms with Crippen molar-refractivity contribution in [2.75, 3.05) is 18.6 Å². The second-order valence-corrected chi connectivity index (χ2v) is 5.02. The molecule has 1 unspecified atom stereocenters. The minimum absolute atomic E-state index is 0.465. The van der Waals surface area contributed by atoms with E-state index in [1.807, 2.05) is 13.8 Å². The largest absolute Gasteiger partial charge is 0.330 e. The van der Waals surface area contributed by atoms with Gasteiger partial charge >= 0.3 is 0 Å². The van der Waals surface area contributed by atoms with Crippen LogP contribution in [0.3, 0.4) is 0 Å². The third-order valence-electron chi connectivity index (χ3n) is 1.11. The summed E-state index contributed by atoms with van der Waals surface area (Å²) >= 11 is 0. The third-order valence-corrected chi connectivity index (χ3v) is 2.21. The highest BCUT2D eigenvalue weighted by Crippen LogP contribution is 1.78. The Morgan fingerprint density at radius 2 is 1.62 bits per heavy atom. The maximum atomic E-state index is 10.2. The van der Waals surface area contributed by atoms with Crippen molar-refractivity contribution < 1.29 is 4.21 Å². The van der Waals surface area contributed by atoms with Crippen LogP contribution < -0.4 is 5.73 Å². The summed E-state index contributed by atoms with van der Waals surface area (Å²) in [5.41, 5.74) is 5.14. The summed E-state index contributed by atoms with van der Waals surface area (Å²) in [6, 6.07) is 0. The van der Waals surface area contributed by atoms with Gasteiger partial charge in [0.25, 0.3) is 0 Å². The standard InChI is InChI=1S/C4H11N.C3H9NOS.C2H6/c1-2-3-4-5;1-3-6(2,4)5;1-2/h2-5H2,1H3;4H,3H2,1-2H3;1-2H3. The molecule has 0 aliphatic rings. The van der Waals surface area contributed by atoms with Crippen molar-refractivity contribution in [3.8, 4) is 0 Å². The molecule has 13 heavy (non-hydrogen) atoms. The van der Waals surface area contributed by atoms with E-state index in [2.05, 4.69) is 6.92 Å². The van der Waals surface area contributed by atoms with E-state index >= 15 is 0 Å². The van der Waals surface area contributed by atoms with Crippen LogP contribution in [0.5, 0.6) is 0 Å². The molecule has 0 aliphatic carbocycles. The van der Waals surface area contributed by atoms with E-state index in [0.29, 0.717) is 5.75 Å². The first-order chi connectivity index (χ1) is 5.97. The van der Waals surface area contributed by atoms with Crippen LogP contribution in [0, 0.1) is 4.78 Å². The Balaban J connectivity index is -0.000000131. The molecule has 3 nitrogen and oxygen atoms in total. The van der Waals surface area contributed by atoms with E-state index in [-0.39, 0.29) is 0 Å². The maximum Gasteiger partial charge on any atom is 0.0409 e. The lowest BCUT2D eigenvalue weighted by molar-refractivity contribution is 0.679. The monoisotopic (exact) mass is 210 g/mol. The molecule has 0 bridgehead atoms. The van der Waals surface area contributed by atoms with Gasteiger partial charge in [-0.3, -0.25) is 8.99 Å². The van der Waals surface area contributed by atoms with Gasteiger partial charge in [-0.25, -0.2) is 0 Å². The summed E-state index contributed by atoms with van der Waals surface area (Å²) in [5.74, 6) is 0.465. The van der Waals surface area contributed by atoms with Crippen molar-refractivity contribution in [2.45, 2.75) is 40.5 Å². The van der Waals surface area contributed by atoms with Gasteiger partial charge in [0, 0.05) is 21.7 Å². The number of unbranched alkanes of at least 4 members (excludes halogenated alkanes) is 1. The van der Waals surface area contributed by atoms with Gasteiger partial charge in [-0.2, -0.15) is 0 Å². The minimum Gasteiger partial charge on any atom is -0.330 e. The fourth-order valence-electron chi connectivity index (χ4n) is 0.204. The van der Waals surface area contributed by atoms with Gasteiger partial charge in [-0.05, 0) is 13.0 Å². The first kappa shape index (κ1) is 18.6. The zero-order valence-corrected chi connectivity index (χ0v) is 10.5. The van der Waals surface area contributed by atoms with Crippen LogP contribution in [-0.4, -0.2) is 22.8 Å². The Labute approximate surface area is 84.1 Å². The van der Waals surface area contributed by atoms with E-state index in [0.717, 1.165) is 6.54 Å². The summed E-state index contributed by atoms with van der Waals surface area (Å²) in [4.78, 5) is 0. The molecule has 0 fully saturated rings. The van der Waals surface area contributed by atoms with Gasteiger partial charge in [0.2, 0.25) is 0 Å². The summed E-state index contributed by atoms with van der Waals surface area (Å²) in [7, 11) is -2.16. The molecular weight excluding hydrogens is 184 g/mol. The number of nitrogens with two attached hydrogens (primary N) is 1. The van der Waals surface area contributed by atoms with Gasteiger partial charge in [0.05, 0.1) is 0 Å². The topological polar surface area (TPSA) is 66.9 Å². The fraction of sp³-hybridized carbons (Fsp3) is 1.00. The van der Waals surface area contributed by atoms with Gasteiger partial charge in [-0.1, -0.05) is 34.1 Å². The zero-order chi connectivity index (χ0) is 11.3. The second-order valence-electron chi connectivity index (χ2n) is 2.44. The molecule has 0 aromatic heterocycles. The summed E-state index contributed by atoms with van der Waals surface area (Å²) < 4.78 is 16.9. The SMILES string of the molecule is CC.CCCCN.CCS(C)(=N)=O. The molecule has 3 N–H and O–H groups in total. The Kier molecular flexibility index (Phi) is 20.7. The van der Waals surface area contributed by atoms with Crippen LogP contribution >= 0.6 is 0 Å². The van der Waals surface area contributed by atoms with Crippen LogP contribution in [0.25, 0.3) is 0 Å². The highest BCUT2D eigenvalue weighted by molar-refractivity contribution is 7.91. The normalized spacial score (nSPS) is 12.8. The van der Waals surface area contributed by atoms with Crippen LogP contribution in [0.4, 0.5) is 0 Å². The lowest BCUT2D eigenvalue weighted by Crippen LogP contribution is -1.95. The fourth-order valence-corrected chi connectivity index (χ4v) is 0.204. The van der Waals surface area contributed by atoms with Crippen molar-refractivity contribution in [3.05, 3.63) is 0 Å². The molecule has 0 rings (SSSR count). The van der Waals surface area contributed by atoms with Crippen molar-refractivity contribution in [2.24, 2.45) is 5.73 Å². The molecule has 84 valence electrons. The lowest BCUT2D eigenvalue weighted by atomic mass is 10.3. The van der Waals surface area contributed by atoms with Crippen molar-refractivity contribution in [1.82, 2.24) is 0 Å². The van der Waals surface area contributed by atoms with Gasteiger partial charge in [0.15, 0.2) is 0 Å². The van der Waals surface area contributed by atoms with E-state index in [1.165, 1.54) is 19.1 Å². The molecule has 1 atom stereocenters. The molecule has 0 aliphatic heterocycles. The predicted molar refractivity (Wildman–Crippen MR) is 62.6 cm³/mol. The van der Waals surface area contributed by atoms with E-state index < -0.39 is 9.73 Å². The van der Waals surface area contributed by atoms with E-state index in [9.17, 15) is 4.21 Å². The lowest BCUT2D eigenvalue weighted by Gasteiger charge is -1.86. The summed E-state index contributed by atoms with van der Waals surface area (Å²) in [5, 5.41) is 0. The van der Waals surface area contributed by atoms with Crippen LogP contribution in [0.15, 0.2) is 0 Å². The Bertz CT molecular complexity index is 151. The molecule has 0 spiro atoms. The van der Waals surface area contributed by atoms with Gasteiger partial charge < -0.3 is 5.73 Å². The van der Waals surface area contributed by atoms with Crippen LogP contribution in [-0.2, 0) is 9.73 Å². The van der Waals surface area contributed by atoms with Crippen molar-refractivity contribution in [3.63, 3.8) is 0 Å². The third kappa shape index (κ3) is 48.5. The van der Waals surface area contributed by atoms with Crippen molar-refractivity contribution in [1.29, 1.82) is 4.78 Å². The molecule has 0 amide bonds. The number of hydrogen-bond donors (Lipinski definition) is 2. The van der Waals surface area contributed by atoms with Gasteiger partial charge in [0.1, 0.15) is 0 Å². The second kappa shape index (κ2) is 14.4. The Morgan fingerprint density at radius 1 is 1.31 bits per heavy atom. The summed E-state index contributed by atoms with van der Waals surface area (Å²) in [6.45, 7) is 8.72. The Morgan fingerprint density at radius 3 is 1.62 bits per heavy atom. The average Bonchev–Trinajstić information content (AvgIpc) is 2.09. The van der Waals surface area contributed by atoms with E-state index in [4.69, 9.17) is 10.5 Å². The minimum atomic E-state index is -2.16. The number of hydrogen-bond acceptors (Lipinski definition) is 3. The average molecular weight is 210 g/mol. The predicted octanol–water partition coefficient (Wildman–Crippen LogP) is 2.45. The quantitative estimate of drug-likeness (QED) is 0.751. The first-order valence-corrected chi connectivity index (χ1v) is 7.03. The van der Waals surface area contributed by atoms with Gasteiger partial charge in [-0.15, -0.1) is 0 Å². The molecule has 0 saturated carbocycles. The molecule has 0 aromatic carbocycles. The highest BCUT2D eigenvalue weighted by atomic mass is 32.2. The van der Waals surface area contributed by atoms with Crippen molar-refractivity contribution >= 4 is 9.73 Å². The molecule has 0 heterocycles. The summed E-state index contributed by atoms with van der Waals surface area (Å²) in [6.07, 6.45) is 3.82. The Hall–Kier alpha value is -0.0900. The van der Waals surface area contributed by atoms with E-state index in [1.54, 1.807) is 6.92 Å². The molecule has 0 aromatic rings. The first-order valence-electron chi connectivity index (χ1n) is 4.89. The smallest absolute Gasteiger partial charge is 0.0409 e. The number of nitrogens with one attached hydrogen (secondary N) is 1. The molecule has 4 heteroatoms. The maximum absolute atomic E-state index is 10.2. The highest BCUT2D eigenvalue weighted by Gasteiger charge is 1.85.